The van der Waals surface area contributed by atoms with Gasteiger partial charge in [-0.25, -0.2) is 0 Å². The fourth-order valence-electron chi connectivity index (χ4n) is 3.59. The summed E-state index contributed by atoms with van der Waals surface area (Å²) in [6.07, 6.45) is -2.70. The Morgan fingerprint density at radius 2 is 0.946 bits per heavy atom. The lowest BCUT2D eigenvalue weighted by molar-refractivity contribution is -0.337. The van der Waals surface area contributed by atoms with Crippen LogP contribution in [0.25, 0.3) is 0 Å². The van der Waals surface area contributed by atoms with E-state index in [1.807, 2.05) is 27.7 Å². The van der Waals surface area contributed by atoms with Crippen molar-refractivity contribution in [2.24, 2.45) is 28.1 Å². The van der Waals surface area contributed by atoms with Crippen molar-refractivity contribution < 1.29 is 68.8 Å². The Bertz CT molecular complexity index is 722. The summed E-state index contributed by atoms with van der Waals surface area (Å²) in [7, 11) is 0. The normalized spacial score (nSPS) is 25.9. The van der Waals surface area contributed by atoms with E-state index < -0.39 is 72.0 Å². The summed E-state index contributed by atoms with van der Waals surface area (Å²) in [4.78, 5) is 41.9. The minimum Gasteiger partial charge on any atom is -0.481 e. The maximum atomic E-state index is 10.6. The third-order valence-electron chi connectivity index (χ3n) is 6.16. The highest BCUT2D eigenvalue weighted by Gasteiger charge is 2.47. The molecule has 214 valence electrons. The van der Waals surface area contributed by atoms with E-state index in [9.17, 15) is 29.4 Å². The average molecular weight is 539 g/mol. The molecule has 1 spiro atoms. The van der Waals surface area contributed by atoms with Crippen molar-refractivity contribution in [2.45, 2.75) is 53.1 Å². The van der Waals surface area contributed by atoms with Gasteiger partial charge in [0.25, 0.3) is 0 Å². The molecule has 0 aromatic heterocycles. The van der Waals surface area contributed by atoms with Gasteiger partial charge in [-0.05, 0) is 0 Å². The number of aliphatic carboxylic acids is 4. The van der Waals surface area contributed by atoms with Crippen molar-refractivity contribution in [1.82, 2.24) is 0 Å². The number of aliphatic hydroxyl groups is 2. The van der Waals surface area contributed by atoms with Crippen molar-refractivity contribution in [3.8, 4) is 0 Å². The lowest BCUT2D eigenvalue weighted by atomic mass is 9.86. The molecule has 2 heterocycles. The van der Waals surface area contributed by atoms with Crippen LogP contribution >= 0.6 is 0 Å². The minimum absolute atomic E-state index is 0.00440. The van der Waals surface area contributed by atoms with Crippen LogP contribution < -0.4 is 0 Å². The molecule has 0 bridgehead atoms. The second-order valence-corrected chi connectivity index (χ2v) is 10.8. The van der Waals surface area contributed by atoms with Gasteiger partial charge in [-0.3, -0.25) is 19.2 Å². The van der Waals surface area contributed by atoms with Crippen molar-refractivity contribution >= 4 is 23.9 Å². The first-order chi connectivity index (χ1) is 17.0. The molecule has 0 amide bonds. The van der Waals surface area contributed by atoms with E-state index in [1.165, 1.54) is 0 Å². The first-order valence-electron chi connectivity index (χ1n) is 11.6. The lowest BCUT2D eigenvalue weighted by Crippen LogP contribution is -2.56. The van der Waals surface area contributed by atoms with E-state index >= 15 is 0 Å². The Morgan fingerprint density at radius 3 is 1.14 bits per heavy atom. The van der Waals surface area contributed by atoms with E-state index in [4.69, 9.17) is 39.4 Å². The van der Waals surface area contributed by atoms with Crippen LogP contribution in [0.3, 0.4) is 0 Å². The fourth-order valence-corrected chi connectivity index (χ4v) is 3.59. The molecule has 0 saturated carbocycles. The van der Waals surface area contributed by atoms with Gasteiger partial charge in [0.15, 0.2) is 12.6 Å². The number of aliphatic hydroxyl groups excluding tert-OH is 2. The summed E-state index contributed by atoms with van der Waals surface area (Å²) in [5.41, 5.74) is -1.16. The number of ether oxygens (including phenoxy) is 4. The van der Waals surface area contributed by atoms with Crippen LogP contribution in [0.15, 0.2) is 0 Å². The number of carboxylic acids is 4. The van der Waals surface area contributed by atoms with Crippen molar-refractivity contribution in [2.75, 3.05) is 39.6 Å². The molecule has 2 rings (SSSR count). The van der Waals surface area contributed by atoms with Crippen molar-refractivity contribution in [3.63, 3.8) is 0 Å². The Morgan fingerprint density at radius 1 is 0.676 bits per heavy atom. The lowest BCUT2D eigenvalue weighted by Gasteiger charge is -2.48. The molecular weight excluding hydrogens is 500 g/mol. The van der Waals surface area contributed by atoms with Gasteiger partial charge >= 0.3 is 23.9 Å². The van der Waals surface area contributed by atoms with Gasteiger partial charge in [0.1, 0.15) is 0 Å². The molecule has 0 aromatic rings. The zero-order valence-corrected chi connectivity index (χ0v) is 21.4. The second kappa shape index (κ2) is 13.4. The number of carbonyl (C=O) groups is 4. The Hall–Kier alpha value is -2.36. The van der Waals surface area contributed by atoms with Gasteiger partial charge in [0.05, 0.1) is 69.7 Å². The minimum atomic E-state index is -1.76. The summed E-state index contributed by atoms with van der Waals surface area (Å²) >= 11 is 0. The molecule has 0 aliphatic carbocycles. The number of carboxylic acid groups (broad SMARTS) is 4. The van der Waals surface area contributed by atoms with Gasteiger partial charge < -0.3 is 49.6 Å². The smallest absolute Gasteiger partial charge is 0.307 e. The Balaban J connectivity index is 0.000000387. The van der Waals surface area contributed by atoms with Gasteiger partial charge in [-0.2, -0.15) is 0 Å². The molecule has 2 aliphatic heterocycles. The van der Waals surface area contributed by atoms with Crippen LogP contribution in [0.2, 0.25) is 0 Å². The van der Waals surface area contributed by atoms with E-state index in [0.717, 1.165) is 0 Å². The molecule has 6 N–H and O–H groups in total. The largest absolute Gasteiger partial charge is 0.481 e. The molecular formula is C23H38O14. The van der Waals surface area contributed by atoms with Crippen LogP contribution in [0.1, 0.15) is 40.5 Å². The van der Waals surface area contributed by atoms with Gasteiger partial charge in [-0.1, -0.05) is 27.7 Å². The zero-order valence-electron chi connectivity index (χ0n) is 21.4. The highest BCUT2D eigenvalue weighted by Crippen LogP contribution is 2.38. The van der Waals surface area contributed by atoms with E-state index in [-0.39, 0.29) is 18.6 Å². The van der Waals surface area contributed by atoms with Crippen LogP contribution in [-0.4, -0.2) is 107 Å². The van der Waals surface area contributed by atoms with Crippen LogP contribution in [-0.2, 0) is 38.1 Å². The second-order valence-electron chi connectivity index (χ2n) is 10.8. The third-order valence-corrected chi connectivity index (χ3v) is 6.16. The molecule has 2 saturated heterocycles. The highest BCUT2D eigenvalue weighted by atomic mass is 16.7. The molecule has 2 aliphatic rings. The van der Waals surface area contributed by atoms with Gasteiger partial charge in [0.2, 0.25) is 0 Å². The molecule has 14 nitrogen and oxygen atoms in total. The maximum Gasteiger partial charge on any atom is 0.307 e. The van der Waals surface area contributed by atoms with E-state index in [0.29, 0.717) is 26.4 Å². The summed E-state index contributed by atoms with van der Waals surface area (Å²) in [6.45, 7) is 9.55. The topological polar surface area (TPSA) is 227 Å². The monoisotopic (exact) mass is 538 g/mol. The van der Waals surface area contributed by atoms with Gasteiger partial charge in [-0.15, -0.1) is 0 Å². The first kappa shape index (κ1) is 32.7. The zero-order chi connectivity index (χ0) is 28.6. The molecule has 2 atom stereocenters. The fraction of sp³-hybridized carbons (Fsp3) is 0.826. The van der Waals surface area contributed by atoms with Crippen molar-refractivity contribution in [1.29, 1.82) is 0 Å². The Kier molecular flexibility index (Phi) is 11.9. The third kappa shape index (κ3) is 9.47. The summed E-state index contributed by atoms with van der Waals surface area (Å²) in [5.74, 6) is -9.79. The van der Waals surface area contributed by atoms with Crippen LogP contribution in [0, 0.1) is 28.1 Å². The molecule has 0 aromatic carbocycles. The molecule has 2 fully saturated rings. The number of rotatable bonds is 11. The van der Waals surface area contributed by atoms with Gasteiger partial charge in [0, 0.05) is 10.8 Å². The predicted octanol–water partition coefficient (Wildman–Crippen LogP) is 0.0930. The number of hydrogen-bond donors (Lipinski definition) is 6. The van der Waals surface area contributed by atoms with Crippen molar-refractivity contribution in [3.05, 3.63) is 0 Å². The SMILES string of the molecule is CC(C)(CO)C1OCC2(CO1)COC(C(C)(C)CO)OC2.O=C(O)CC(C(=O)O)C(CC(=O)O)C(=O)O. The summed E-state index contributed by atoms with van der Waals surface area (Å²) in [5, 5.41) is 52.8. The maximum absolute atomic E-state index is 10.6. The standard InChI is InChI=1S/C15H28O6.C8H10O8/c1-13(2,5-16)11-18-7-15(8-19-11)9-20-12(21-10-15)14(3,4)6-17;9-5(10)1-3(7(13)14)4(8(15)16)2-6(11)12/h11-12,16-17H,5-10H2,1-4H3;3-4H,1-2H2,(H,9,10)(H,11,12)(H,13,14)(H,15,16). The van der Waals surface area contributed by atoms with Crippen LogP contribution in [0.4, 0.5) is 0 Å². The molecule has 14 heteroatoms. The van der Waals surface area contributed by atoms with E-state index in [2.05, 4.69) is 0 Å². The molecule has 37 heavy (non-hydrogen) atoms. The number of hydrogen-bond acceptors (Lipinski definition) is 10. The summed E-state index contributed by atoms with van der Waals surface area (Å²) < 4.78 is 23.1. The predicted molar refractivity (Wildman–Crippen MR) is 122 cm³/mol. The quantitative estimate of drug-likeness (QED) is 0.205. The molecule has 0 radical (unpaired) electrons. The summed E-state index contributed by atoms with van der Waals surface area (Å²) in [6, 6.07) is 0. The van der Waals surface area contributed by atoms with Crippen LogP contribution in [0.5, 0.6) is 0 Å². The Labute approximate surface area is 214 Å². The highest BCUT2D eigenvalue weighted by molar-refractivity contribution is 5.86. The average Bonchev–Trinajstić information content (AvgIpc) is 2.81. The van der Waals surface area contributed by atoms with E-state index in [1.54, 1.807) is 0 Å². The first-order valence-corrected chi connectivity index (χ1v) is 11.6. The molecule has 2 unspecified atom stereocenters.